The van der Waals surface area contributed by atoms with Crippen LogP contribution in [0.1, 0.15) is 31.2 Å². The van der Waals surface area contributed by atoms with Crippen molar-refractivity contribution in [1.29, 1.82) is 0 Å². The van der Waals surface area contributed by atoms with Gasteiger partial charge in [0.05, 0.1) is 24.6 Å². The fraction of sp³-hybridized carbons (Fsp3) is 0.444. The van der Waals surface area contributed by atoms with Gasteiger partial charge in [-0.25, -0.2) is 4.39 Å². The predicted octanol–water partition coefficient (Wildman–Crippen LogP) is 3.08. The third-order valence-electron chi connectivity index (χ3n) is 4.85. The Morgan fingerprint density at radius 3 is 2.74 bits per heavy atom. The van der Waals surface area contributed by atoms with Crippen molar-refractivity contribution >= 4 is 0 Å². The summed E-state index contributed by atoms with van der Waals surface area (Å²) in [6.07, 6.45) is 9.60. The van der Waals surface area contributed by atoms with Gasteiger partial charge in [-0.2, -0.15) is 0 Å². The number of ether oxygens (including phenoxy) is 1. The summed E-state index contributed by atoms with van der Waals surface area (Å²) in [5, 5.41) is 3.59. The zero-order valence-corrected chi connectivity index (χ0v) is 12.9. The molecule has 1 aromatic heterocycles. The average Bonchev–Trinajstić information content (AvgIpc) is 2.93. The Morgan fingerprint density at radius 2 is 2.00 bits per heavy atom. The van der Waals surface area contributed by atoms with Crippen LogP contribution >= 0.6 is 0 Å². The second-order valence-electron chi connectivity index (χ2n) is 6.40. The monoisotopic (exact) mass is 313 g/mol. The number of hydrogen-bond acceptors (Lipinski definition) is 4. The van der Waals surface area contributed by atoms with Crippen LogP contribution in [-0.2, 0) is 11.3 Å². The van der Waals surface area contributed by atoms with Gasteiger partial charge in [0.25, 0.3) is 0 Å². The van der Waals surface area contributed by atoms with Gasteiger partial charge in [0.2, 0.25) is 0 Å². The topological polar surface area (TPSA) is 47.0 Å². The average molecular weight is 313 g/mol. The minimum atomic E-state index is -0.245. The van der Waals surface area contributed by atoms with Crippen molar-refractivity contribution in [3.8, 4) is 11.3 Å². The zero-order valence-electron chi connectivity index (χ0n) is 12.9. The molecule has 4 nitrogen and oxygen atoms in total. The lowest BCUT2D eigenvalue weighted by molar-refractivity contribution is 0.00820. The molecular weight excluding hydrogens is 293 g/mol. The fourth-order valence-electron chi connectivity index (χ4n) is 3.73. The molecule has 0 radical (unpaired) electrons. The molecule has 1 unspecified atom stereocenters. The number of piperidine rings is 1. The standard InChI is InChI=1S/C18H20FN3O/c19-17-3-1-2-15(18-10-20-6-7-21-18)16(17)11-23-14-8-12-4-5-13(9-14)22-12/h1-3,6-7,10,12-14,22H,4-5,8-9,11H2/t12-,13+,14?. The van der Waals surface area contributed by atoms with Crippen molar-refractivity contribution < 1.29 is 9.13 Å². The molecule has 2 bridgehead atoms. The maximum atomic E-state index is 14.3. The lowest BCUT2D eigenvalue weighted by atomic mass is 10.0. The van der Waals surface area contributed by atoms with Crippen LogP contribution in [0.4, 0.5) is 4.39 Å². The van der Waals surface area contributed by atoms with Gasteiger partial charge in [-0.3, -0.25) is 9.97 Å². The van der Waals surface area contributed by atoms with Gasteiger partial charge < -0.3 is 10.1 Å². The van der Waals surface area contributed by atoms with E-state index in [4.69, 9.17) is 4.74 Å². The second-order valence-corrected chi connectivity index (χ2v) is 6.40. The number of halogens is 1. The summed E-state index contributed by atoms with van der Waals surface area (Å²) < 4.78 is 20.4. The third kappa shape index (κ3) is 3.12. The Morgan fingerprint density at radius 1 is 1.17 bits per heavy atom. The number of hydrogen-bond donors (Lipinski definition) is 1. The quantitative estimate of drug-likeness (QED) is 0.942. The van der Waals surface area contributed by atoms with E-state index in [0.717, 1.165) is 18.4 Å². The Kier molecular flexibility index (Phi) is 4.06. The van der Waals surface area contributed by atoms with Gasteiger partial charge in [0.15, 0.2) is 0 Å². The normalized spacial score (nSPS) is 26.4. The summed E-state index contributed by atoms with van der Waals surface area (Å²) in [6, 6.07) is 6.19. The molecule has 2 aromatic rings. The summed E-state index contributed by atoms with van der Waals surface area (Å²) in [6.45, 7) is 0.280. The predicted molar refractivity (Wildman–Crippen MR) is 85.2 cm³/mol. The first kappa shape index (κ1) is 14.7. The summed E-state index contributed by atoms with van der Waals surface area (Å²) in [5.41, 5.74) is 2.00. The van der Waals surface area contributed by atoms with Crippen molar-refractivity contribution in [3.63, 3.8) is 0 Å². The molecule has 23 heavy (non-hydrogen) atoms. The van der Waals surface area contributed by atoms with E-state index in [-0.39, 0.29) is 18.5 Å². The highest BCUT2D eigenvalue weighted by Crippen LogP contribution is 2.30. The lowest BCUT2D eigenvalue weighted by Gasteiger charge is -2.29. The SMILES string of the molecule is Fc1cccc(-c2cnccn2)c1COC1C[C@H]2CC[C@@H](C1)N2. The molecule has 2 saturated heterocycles. The number of benzene rings is 1. The van der Waals surface area contributed by atoms with Crippen molar-refractivity contribution in [2.45, 2.75) is 50.5 Å². The summed E-state index contributed by atoms with van der Waals surface area (Å²) >= 11 is 0. The fourth-order valence-corrected chi connectivity index (χ4v) is 3.73. The number of rotatable bonds is 4. The minimum Gasteiger partial charge on any atom is -0.373 e. The number of fused-ring (bicyclic) bond motifs is 2. The molecule has 2 aliphatic rings. The molecule has 5 heteroatoms. The molecule has 2 aliphatic heterocycles. The van der Waals surface area contributed by atoms with E-state index in [1.165, 1.54) is 18.9 Å². The Labute approximate surface area is 135 Å². The molecule has 1 N–H and O–H groups in total. The number of nitrogens with one attached hydrogen (secondary N) is 1. The van der Waals surface area contributed by atoms with E-state index in [2.05, 4.69) is 15.3 Å². The molecule has 4 rings (SSSR count). The van der Waals surface area contributed by atoms with E-state index < -0.39 is 0 Å². The van der Waals surface area contributed by atoms with Crippen LogP contribution in [0, 0.1) is 5.82 Å². The maximum absolute atomic E-state index is 14.3. The molecule has 3 heterocycles. The van der Waals surface area contributed by atoms with E-state index in [9.17, 15) is 4.39 Å². The van der Waals surface area contributed by atoms with Gasteiger partial charge in [0, 0.05) is 35.6 Å². The molecule has 0 aliphatic carbocycles. The smallest absolute Gasteiger partial charge is 0.129 e. The highest BCUT2D eigenvalue weighted by atomic mass is 19.1. The van der Waals surface area contributed by atoms with Crippen LogP contribution in [0.25, 0.3) is 11.3 Å². The van der Waals surface area contributed by atoms with Crippen LogP contribution in [0.15, 0.2) is 36.8 Å². The summed E-state index contributed by atoms with van der Waals surface area (Å²) in [4.78, 5) is 8.36. The third-order valence-corrected chi connectivity index (χ3v) is 4.85. The summed E-state index contributed by atoms with van der Waals surface area (Å²) in [5.74, 6) is -0.245. The Balaban J connectivity index is 1.52. The first-order chi connectivity index (χ1) is 11.3. The van der Waals surface area contributed by atoms with Gasteiger partial charge in [-0.1, -0.05) is 12.1 Å². The van der Waals surface area contributed by atoms with E-state index in [1.807, 2.05) is 6.07 Å². The second kappa shape index (κ2) is 6.34. The van der Waals surface area contributed by atoms with E-state index in [1.54, 1.807) is 24.7 Å². The zero-order chi connectivity index (χ0) is 15.6. The molecule has 0 saturated carbocycles. The largest absolute Gasteiger partial charge is 0.373 e. The number of nitrogens with zero attached hydrogens (tertiary/aromatic N) is 2. The molecule has 120 valence electrons. The van der Waals surface area contributed by atoms with Crippen LogP contribution < -0.4 is 5.32 Å². The van der Waals surface area contributed by atoms with Crippen molar-refractivity contribution in [2.24, 2.45) is 0 Å². The molecular formula is C18H20FN3O. The first-order valence-corrected chi connectivity index (χ1v) is 8.21. The molecule has 0 amide bonds. The minimum absolute atomic E-state index is 0.211. The summed E-state index contributed by atoms with van der Waals surface area (Å²) in [7, 11) is 0. The van der Waals surface area contributed by atoms with Gasteiger partial charge >= 0.3 is 0 Å². The number of aromatic nitrogens is 2. The van der Waals surface area contributed by atoms with E-state index >= 15 is 0 Å². The van der Waals surface area contributed by atoms with Crippen LogP contribution in [0.2, 0.25) is 0 Å². The highest BCUT2D eigenvalue weighted by molar-refractivity contribution is 5.62. The van der Waals surface area contributed by atoms with E-state index in [0.29, 0.717) is 23.3 Å². The molecule has 2 fully saturated rings. The van der Waals surface area contributed by atoms with Crippen LogP contribution in [0.3, 0.4) is 0 Å². The van der Waals surface area contributed by atoms with Crippen LogP contribution in [0.5, 0.6) is 0 Å². The van der Waals surface area contributed by atoms with Gasteiger partial charge in [0.1, 0.15) is 5.82 Å². The molecule has 3 atom stereocenters. The van der Waals surface area contributed by atoms with Crippen molar-refractivity contribution in [2.75, 3.05) is 0 Å². The Hall–Kier alpha value is -1.85. The molecule has 1 aromatic carbocycles. The highest BCUT2D eigenvalue weighted by Gasteiger charge is 2.34. The van der Waals surface area contributed by atoms with Crippen molar-refractivity contribution in [1.82, 2.24) is 15.3 Å². The van der Waals surface area contributed by atoms with Crippen LogP contribution in [-0.4, -0.2) is 28.2 Å². The van der Waals surface area contributed by atoms with Gasteiger partial charge in [-0.15, -0.1) is 0 Å². The first-order valence-electron chi connectivity index (χ1n) is 8.21. The van der Waals surface area contributed by atoms with Crippen molar-refractivity contribution in [3.05, 3.63) is 48.2 Å². The lowest BCUT2D eigenvalue weighted by Crippen LogP contribution is -2.41. The Bertz CT molecular complexity index is 667. The maximum Gasteiger partial charge on any atom is 0.129 e. The van der Waals surface area contributed by atoms with Gasteiger partial charge in [-0.05, 0) is 31.7 Å². The molecule has 0 spiro atoms.